The molecule has 2 aromatic carbocycles. The first kappa shape index (κ1) is 17.7. The lowest BCUT2D eigenvalue weighted by molar-refractivity contribution is 0.122. The lowest BCUT2D eigenvalue weighted by Gasteiger charge is -2.29. The summed E-state index contributed by atoms with van der Waals surface area (Å²) in [6.45, 7) is 2.74. The van der Waals surface area contributed by atoms with E-state index in [1.807, 2.05) is 11.0 Å². The van der Waals surface area contributed by atoms with Crippen LogP contribution < -0.4 is 15.5 Å². The molecule has 1 saturated heterocycles. The van der Waals surface area contributed by atoms with Gasteiger partial charge in [0.1, 0.15) is 5.82 Å². The second kappa shape index (κ2) is 8.32. The summed E-state index contributed by atoms with van der Waals surface area (Å²) in [6, 6.07) is 13.1. The van der Waals surface area contributed by atoms with Crippen molar-refractivity contribution in [2.24, 2.45) is 0 Å². The molecule has 3 rings (SSSR count). The molecule has 1 fully saturated rings. The van der Waals surface area contributed by atoms with E-state index in [2.05, 4.69) is 10.6 Å². The first-order valence-corrected chi connectivity index (χ1v) is 8.32. The minimum Gasteiger partial charge on any atom is -0.378 e. The maximum absolute atomic E-state index is 14.3. The summed E-state index contributed by atoms with van der Waals surface area (Å²) in [6.07, 6.45) is 0. The average molecular weight is 354 g/mol. The SMILES string of the molecule is N#Cc1ccc(NC(=O)NCc2ccc(N3CCOCC3)c(F)c2)cc1. The summed E-state index contributed by atoms with van der Waals surface area (Å²) in [4.78, 5) is 13.9. The second-order valence-corrected chi connectivity index (χ2v) is 5.88. The van der Waals surface area contributed by atoms with Gasteiger partial charge >= 0.3 is 6.03 Å². The van der Waals surface area contributed by atoms with E-state index >= 15 is 0 Å². The van der Waals surface area contributed by atoms with E-state index in [1.165, 1.54) is 6.07 Å². The van der Waals surface area contributed by atoms with Crippen LogP contribution in [0.5, 0.6) is 0 Å². The van der Waals surface area contributed by atoms with Gasteiger partial charge in [-0.25, -0.2) is 9.18 Å². The molecule has 0 aromatic heterocycles. The third-order valence-corrected chi connectivity index (χ3v) is 4.09. The molecule has 1 heterocycles. The Kier molecular flexibility index (Phi) is 5.66. The summed E-state index contributed by atoms with van der Waals surface area (Å²) >= 11 is 0. The maximum atomic E-state index is 14.3. The van der Waals surface area contributed by atoms with Crippen LogP contribution >= 0.6 is 0 Å². The molecular formula is C19H19FN4O2. The first-order valence-electron chi connectivity index (χ1n) is 8.32. The number of nitrogens with zero attached hydrogens (tertiary/aromatic N) is 2. The monoisotopic (exact) mass is 354 g/mol. The first-order chi connectivity index (χ1) is 12.7. The summed E-state index contributed by atoms with van der Waals surface area (Å²) in [7, 11) is 0. The van der Waals surface area contributed by atoms with Crippen LogP contribution in [0.15, 0.2) is 42.5 Å². The molecule has 6 nitrogen and oxygen atoms in total. The zero-order valence-corrected chi connectivity index (χ0v) is 14.2. The minimum atomic E-state index is -0.396. The van der Waals surface area contributed by atoms with Crippen molar-refractivity contribution < 1.29 is 13.9 Å². The number of amides is 2. The van der Waals surface area contributed by atoms with Crippen LogP contribution in [0.25, 0.3) is 0 Å². The number of anilines is 2. The topological polar surface area (TPSA) is 77.4 Å². The van der Waals surface area contributed by atoms with Crippen LogP contribution in [0.4, 0.5) is 20.6 Å². The molecule has 26 heavy (non-hydrogen) atoms. The second-order valence-electron chi connectivity index (χ2n) is 5.88. The predicted molar refractivity (Wildman–Crippen MR) is 96.4 cm³/mol. The van der Waals surface area contributed by atoms with Crippen molar-refractivity contribution in [1.82, 2.24) is 5.32 Å². The van der Waals surface area contributed by atoms with Crippen molar-refractivity contribution in [2.45, 2.75) is 6.54 Å². The van der Waals surface area contributed by atoms with Gasteiger partial charge in [0.2, 0.25) is 0 Å². The Morgan fingerprint density at radius 2 is 1.92 bits per heavy atom. The van der Waals surface area contributed by atoms with Crippen LogP contribution in [0, 0.1) is 17.1 Å². The van der Waals surface area contributed by atoms with E-state index in [4.69, 9.17) is 10.00 Å². The number of morpholine rings is 1. The highest BCUT2D eigenvalue weighted by molar-refractivity contribution is 5.89. The lowest BCUT2D eigenvalue weighted by atomic mass is 10.1. The molecule has 0 radical (unpaired) electrons. The molecule has 0 atom stereocenters. The van der Waals surface area contributed by atoms with Crippen LogP contribution in [-0.4, -0.2) is 32.3 Å². The van der Waals surface area contributed by atoms with E-state index in [-0.39, 0.29) is 12.4 Å². The molecule has 134 valence electrons. The van der Waals surface area contributed by atoms with Crippen LogP contribution in [0.1, 0.15) is 11.1 Å². The Morgan fingerprint density at radius 1 is 1.19 bits per heavy atom. The fourth-order valence-electron chi connectivity index (χ4n) is 2.71. The van der Waals surface area contributed by atoms with E-state index in [0.717, 1.165) is 0 Å². The minimum absolute atomic E-state index is 0.211. The van der Waals surface area contributed by atoms with Crippen molar-refractivity contribution in [1.29, 1.82) is 5.26 Å². The Labute approximate surface area is 151 Å². The maximum Gasteiger partial charge on any atom is 0.319 e. The van der Waals surface area contributed by atoms with Gasteiger partial charge in [0, 0.05) is 25.3 Å². The highest BCUT2D eigenvalue weighted by Crippen LogP contribution is 2.21. The Morgan fingerprint density at radius 3 is 2.58 bits per heavy atom. The molecule has 2 amide bonds. The zero-order chi connectivity index (χ0) is 18.4. The Bertz CT molecular complexity index is 811. The lowest BCUT2D eigenvalue weighted by Crippen LogP contribution is -2.36. The molecule has 1 aliphatic heterocycles. The van der Waals surface area contributed by atoms with Gasteiger partial charge in [-0.2, -0.15) is 5.26 Å². The summed E-state index contributed by atoms with van der Waals surface area (Å²) < 4.78 is 19.6. The molecular weight excluding hydrogens is 335 g/mol. The zero-order valence-electron chi connectivity index (χ0n) is 14.2. The Balaban J connectivity index is 1.54. The number of halogens is 1. The molecule has 0 aliphatic carbocycles. The van der Waals surface area contributed by atoms with E-state index in [0.29, 0.717) is 48.8 Å². The third-order valence-electron chi connectivity index (χ3n) is 4.09. The molecule has 0 unspecified atom stereocenters. The molecule has 1 aliphatic rings. The van der Waals surface area contributed by atoms with Crippen molar-refractivity contribution in [3.63, 3.8) is 0 Å². The summed E-state index contributed by atoms with van der Waals surface area (Å²) in [5.74, 6) is -0.307. The van der Waals surface area contributed by atoms with Gasteiger partial charge in [0.15, 0.2) is 0 Å². The summed E-state index contributed by atoms with van der Waals surface area (Å²) in [5, 5.41) is 14.1. The van der Waals surface area contributed by atoms with Gasteiger partial charge in [-0.05, 0) is 42.0 Å². The van der Waals surface area contributed by atoms with Crippen LogP contribution in [0.3, 0.4) is 0 Å². The smallest absolute Gasteiger partial charge is 0.319 e. The third kappa shape index (κ3) is 4.49. The highest BCUT2D eigenvalue weighted by atomic mass is 19.1. The number of urea groups is 1. The van der Waals surface area contributed by atoms with Crippen LogP contribution in [0.2, 0.25) is 0 Å². The van der Waals surface area contributed by atoms with Gasteiger partial charge < -0.3 is 20.3 Å². The van der Waals surface area contributed by atoms with Gasteiger partial charge in [-0.3, -0.25) is 0 Å². The number of benzene rings is 2. The summed E-state index contributed by atoms with van der Waals surface area (Å²) in [5.41, 5.74) is 2.33. The number of carbonyl (C=O) groups excluding carboxylic acids is 1. The molecule has 0 saturated carbocycles. The van der Waals surface area contributed by atoms with E-state index < -0.39 is 6.03 Å². The molecule has 7 heteroatoms. The van der Waals surface area contributed by atoms with Crippen molar-refractivity contribution in [3.8, 4) is 6.07 Å². The number of nitriles is 1. The fraction of sp³-hybridized carbons (Fsp3) is 0.263. The van der Waals surface area contributed by atoms with Gasteiger partial charge in [-0.1, -0.05) is 6.07 Å². The largest absolute Gasteiger partial charge is 0.378 e. The van der Waals surface area contributed by atoms with Gasteiger partial charge in [0.25, 0.3) is 0 Å². The number of carbonyl (C=O) groups is 1. The van der Waals surface area contributed by atoms with E-state index in [9.17, 15) is 9.18 Å². The van der Waals surface area contributed by atoms with Gasteiger partial charge in [0.05, 0.1) is 30.5 Å². The standard InChI is InChI=1S/C19H19FN4O2/c20-17-11-15(3-6-18(17)24-7-9-26-10-8-24)13-22-19(25)23-16-4-1-14(12-21)2-5-16/h1-6,11H,7-10,13H2,(H2,22,23,25). The fourth-order valence-corrected chi connectivity index (χ4v) is 2.71. The normalized spacial score (nSPS) is 13.8. The molecule has 2 N–H and O–H groups in total. The molecule has 2 aromatic rings. The number of hydrogen-bond donors (Lipinski definition) is 2. The number of nitrogens with one attached hydrogen (secondary N) is 2. The quantitative estimate of drug-likeness (QED) is 0.885. The molecule has 0 spiro atoms. The Hall–Kier alpha value is -3.11. The van der Waals surface area contributed by atoms with E-state index in [1.54, 1.807) is 36.4 Å². The average Bonchev–Trinajstić information content (AvgIpc) is 2.68. The highest BCUT2D eigenvalue weighted by Gasteiger charge is 2.15. The predicted octanol–water partition coefficient (Wildman–Crippen LogP) is 2.86. The van der Waals surface area contributed by atoms with Gasteiger partial charge in [-0.15, -0.1) is 0 Å². The molecule has 0 bridgehead atoms. The number of hydrogen-bond acceptors (Lipinski definition) is 4. The number of ether oxygens (including phenoxy) is 1. The van der Waals surface area contributed by atoms with Crippen molar-refractivity contribution in [3.05, 3.63) is 59.4 Å². The van der Waals surface area contributed by atoms with Crippen molar-refractivity contribution in [2.75, 3.05) is 36.5 Å². The number of rotatable bonds is 4. The van der Waals surface area contributed by atoms with Crippen molar-refractivity contribution >= 4 is 17.4 Å². The van der Waals surface area contributed by atoms with Crippen LogP contribution in [-0.2, 0) is 11.3 Å².